The van der Waals surface area contributed by atoms with Crippen molar-refractivity contribution >= 4 is 33.7 Å². The Morgan fingerprint density at radius 3 is 1.58 bits per heavy atom. The molecule has 0 aliphatic carbocycles. The monoisotopic (exact) mass is 414 g/mol. The Hall–Kier alpha value is -3.80. The summed E-state index contributed by atoms with van der Waals surface area (Å²) >= 11 is 0. The fourth-order valence-corrected chi connectivity index (χ4v) is 3.50. The van der Waals surface area contributed by atoms with Gasteiger partial charge in [-0.15, -0.1) is 0 Å². The number of rotatable bonds is 6. The molecule has 31 heavy (non-hydrogen) atoms. The van der Waals surface area contributed by atoms with Crippen molar-refractivity contribution in [3.05, 3.63) is 83.2 Å². The molecule has 0 bridgehead atoms. The van der Waals surface area contributed by atoms with Crippen molar-refractivity contribution in [2.45, 2.75) is 20.3 Å². The highest BCUT2D eigenvalue weighted by Crippen LogP contribution is 2.20. The molecule has 0 aliphatic rings. The first-order chi connectivity index (χ1) is 15.0. The van der Waals surface area contributed by atoms with Crippen LogP contribution in [0.4, 0.5) is 0 Å². The number of esters is 2. The van der Waals surface area contributed by atoms with E-state index in [0.717, 1.165) is 33.2 Å². The maximum atomic E-state index is 12.5. The van der Waals surface area contributed by atoms with Gasteiger partial charge in [-0.25, -0.2) is 9.59 Å². The van der Waals surface area contributed by atoms with Crippen LogP contribution in [0.15, 0.2) is 60.7 Å². The van der Waals surface area contributed by atoms with Gasteiger partial charge in [0.05, 0.1) is 35.4 Å². The maximum Gasteiger partial charge on any atom is 0.338 e. The molecule has 0 amide bonds. The van der Waals surface area contributed by atoms with E-state index in [4.69, 9.17) is 9.47 Å². The lowest BCUT2D eigenvalue weighted by atomic mass is 10.1. The minimum Gasteiger partial charge on any atom is -0.462 e. The molecule has 156 valence electrons. The second-order valence-corrected chi connectivity index (χ2v) is 7.28. The molecule has 0 saturated heterocycles. The largest absolute Gasteiger partial charge is 0.462 e. The van der Waals surface area contributed by atoms with Crippen molar-refractivity contribution in [2.24, 2.45) is 0 Å². The summed E-state index contributed by atoms with van der Waals surface area (Å²) in [4.78, 5) is 34.0. The normalized spacial score (nSPS) is 10.9. The summed E-state index contributed by atoms with van der Waals surface area (Å²) in [7, 11) is 0. The van der Waals surface area contributed by atoms with Gasteiger partial charge in [0.2, 0.25) is 0 Å². The van der Waals surface area contributed by atoms with E-state index in [1.165, 1.54) is 0 Å². The lowest BCUT2D eigenvalue weighted by Gasteiger charge is -2.10. The van der Waals surface area contributed by atoms with Crippen LogP contribution in [0, 0.1) is 13.8 Å². The zero-order valence-corrected chi connectivity index (χ0v) is 17.4. The number of fused-ring (bicyclic) bond motifs is 2. The number of ether oxygens (including phenoxy) is 2. The van der Waals surface area contributed by atoms with Crippen molar-refractivity contribution in [3.63, 3.8) is 0 Å². The maximum absolute atomic E-state index is 12.5. The third kappa shape index (κ3) is 4.53. The van der Waals surface area contributed by atoms with Gasteiger partial charge in [-0.3, -0.25) is 9.97 Å². The first kappa shape index (κ1) is 20.5. The number of pyridine rings is 2. The summed E-state index contributed by atoms with van der Waals surface area (Å²) in [6, 6.07) is 18.4. The summed E-state index contributed by atoms with van der Waals surface area (Å²) in [5.74, 6) is -0.826. The van der Waals surface area contributed by atoms with E-state index >= 15 is 0 Å². The van der Waals surface area contributed by atoms with Gasteiger partial charge in [-0.1, -0.05) is 36.4 Å². The minimum atomic E-state index is -0.413. The molecule has 2 heterocycles. The summed E-state index contributed by atoms with van der Waals surface area (Å²) in [5.41, 5.74) is 3.98. The van der Waals surface area contributed by atoms with Crippen LogP contribution < -0.4 is 0 Å². The highest BCUT2D eigenvalue weighted by atomic mass is 16.5. The Labute approximate surface area is 179 Å². The van der Waals surface area contributed by atoms with Crippen LogP contribution in [0.5, 0.6) is 0 Å². The van der Waals surface area contributed by atoms with Crippen molar-refractivity contribution in [1.82, 2.24) is 9.97 Å². The Morgan fingerprint density at radius 2 is 1.13 bits per heavy atom. The first-order valence-electron chi connectivity index (χ1n) is 10.1. The number of hydrogen-bond donors (Lipinski definition) is 0. The topological polar surface area (TPSA) is 78.4 Å². The second kappa shape index (κ2) is 8.92. The third-order valence-corrected chi connectivity index (χ3v) is 4.88. The third-order valence-electron chi connectivity index (χ3n) is 4.88. The highest BCUT2D eigenvalue weighted by molar-refractivity contribution is 6.04. The molecule has 0 spiro atoms. The van der Waals surface area contributed by atoms with Crippen molar-refractivity contribution in [2.75, 3.05) is 13.2 Å². The van der Waals surface area contributed by atoms with Crippen LogP contribution in [0.1, 0.15) is 38.5 Å². The highest BCUT2D eigenvalue weighted by Gasteiger charge is 2.15. The van der Waals surface area contributed by atoms with Crippen LogP contribution >= 0.6 is 0 Å². The molecule has 0 atom stereocenters. The van der Waals surface area contributed by atoms with Gasteiger partial charge in [-0.2, -0.15) is 0 Å². The Morgan fingerprint density at radius 1 is 0.710 bits per heavy atom. The van der Waals surface area contributed by atoms with Crippen LogP contribution in [0.2, 0.25) is 0 Å². The number of aromatic nitrogens is 2. The SMILES string of the molecule is Cc1cc(C(=O)OCCCOC(=O)c2cc(C)nc3ccccc23)c2ccccc2n1. The van der Waals surface area contributed by atoms with Crippen molar-refractivity contribution < 1.29 is 19.1 Å². The van der Waals surface area contributed by atoms with Crippen LogP contribution in [0.3, 0.4) is 0 Å². The molecule has 0 unspecified atom stereocenters. The quantitative estimate of drug-likeness (QED) is 0.333. The molecule has 0 N–H and O–H groups in total. The van der Waals surface area contributed by atoms with E-state index in [0.29, 0.717) is 17.5 Å². The zero-order valence-electron chi connectivity index (χ0n) is 17.4. The van der Waals surface area contributed by atoms with Gasteiger partial charge in [0.1, 0.15) is 0 Å². The average Bonchev–Trinajstić information content (AvgIpc) is 2.77. The molecule has 0 aliphatic heterocycles. The fourth-order valence-electron chi connectivity index (χ4n) is 3.50. The Kier molecular flexibility index (Phi) is 5.89. The van der Waals surface area contributed by atoms with Crippen LogP contribution in [0.25, 0.3) is 21.8 Å². The van der Waals surface area contributed by atoms with Gasteiger partial charge >= 0.3 is 11.9 Å². The standard InChI is InChI=1S/C25H22N2O4/c1-16-14-20(18-8-3-5-10-22(18)26-16)24(28)30-12-7-13-31-25(29)21-15-17(2)27-23-11-6-4-9-19(21)23/h3-6,8-11,14-15H,7,12-13H2,1-2H3. The second-order valence-electron chi connectivity index (χ2n) is 7.28. The molecule has 0 fully saturated rings. The number of benzene rings is 2. The summed E-state index contributed by atoms with van der Waals surface area (Å²) in [6.45, 7) is 3.98. The van der Waals surface area contributed by atoms with Crippen molar-refractivity contribution in [3.8, 4) is 0 Å². The molecule has 0 saturated carbocycles. The van der Waals surface area contributed by atoms with Crippen LogP contribution in [-0.4, -0.2) is 35.1 Å². The van der Waals surface area contributed by atoms with E-state index < -0.39 is 11.9 Å². The molecule has 4 aromatic rings. The van der Waals surface area contributed by atoms with E-state index in [9.17, 15) is 9.59 Å². The van der Waals surface area contributed by atoms with E-state index in [1.807, 2.05) is 62.4 Å². The van der Waals surface area contributed by atoms with E-state index in [-0.39, 0.29) is 13.2 Å². The van der Waals surface area contributed by atoms with Crippen molar-refractivity contribution in [1.29, 1.82) is 0 Å². The Balaban J connectivity index is 1.34. The minimum absolute atomic E-state index is 0.151. The number of carbonyl (C=O) groups excluding carboxylic acids is 2. The molecule has 2 aromatic carbocycles. The number of para-hydroxylation sites is 2. The lowest BCUT2D eigenvalue weighted by molar-refractivity contribution is 0.0398. The average molecular weight is 414 g/mol. The number of hydrogen-bond acceptors (Lipinski definition) is 6. The predicted molar refractivity (Wildman–Crippen MR) is 118 cm³/mol. The summed E-state index contributed by atoms with van der Waals surface area (Å²) in [6.07, 6.45) is 0.404. The Bertz CT molecular complexity index is 1180. The van der Waals surface area contributed by atoms with Gasteiger partial charge in [0, 0.05) is 28.6 Å². The van der Waals surface area contributed by atoms with Gasteiger partial charge in [0.25, 0.3) is 0 Å². The first-order valence-corrected chi connectivity index (χ1v) is 10.1. The molecular formula is C25H22N2O4. The fraction of sp³-hybridized carbons (Fsp3) is 0.200. The molecule has 0 radical (unpaired) electrons. The summed E-state index contributed by atoms with van der Waals surface area (Å²) < 4.78 is 10.8. The molecule has 4 rings (SSSR count). The number of nitrogens with zero attached hydrogens (tertiary/aromatic N) is 2. The van der Waals surface area contributed by atoms with E-state index in [2.05, 4.69) is 9.97 Å². The van der Waals surface area contributed by atoms with Gasteiger partial charge in [0.15, 0.2) is 0 Å². The molecule has 6 nitrogen and oxygen atoms in total. The van der Waals surface area contributed by atoms with Gasteiger partial charge in [-0.05, 0) is 38.1 Å². The van der Waals surface area contributed by atoms with Crippen LogP contribution in [-0.2, 0) is 9.47 Å². The lowest BCUT2D eigenvalue weighted by Crippen LogP contribution is -2.12. The van der Waals surface area contributed by atoms with E-state index in [1.54, 1.807) is 12.1 Å². The molecule has 2 aromatic heterocycles. The number of carbonyl (C=O) groups is 2. The number of aryl methyl sites for hydroxylation is 2. The summed E-state index contributed by atoms with van der Waals surface area (Å²) in [5, 5.41) is 1.51. The molecular weight excluding hydrogens is 392 g/mol. The zero-order chi connectivity index (χ0) is 21.8. The smallest absolute Gasteiger partial charge is 0.338 e. The predicted octanol–water partition coefficient (Wildman–Crippen LogP) is 4.80. The molecule has 6 heteroatoms. The van der Waals surface area contributed by atoms with Gasteiger partial charge < -0.3 is 9.47 Å².